The van der Waals surface area contributed by atoms with Gasteiger partial charge >= 0.3 is 5.97 Å². The van der Waals surface area contributed by atoms with E-state index in [4.69, 9.17) is 25.0 Å². The summed E-state index contributed by atoms with van der Waals surface area (Å²) in [5, 5.41) is 12.2. The van der Waals surface area contributed by atoms with Crippen molar-refractivity contribution in [1.82, 2.24) is 0 Å². The van der Waals surface area contributed by atoms with Gasteiger partial charge in [0.1, 0.15) is 5.70 Å². The van der Waals surface area contributed by atoms with Gasteiger partial charge in [0.15, 0.2) is 11.5 Å². The summed E-state index contributed by atoms with van der Waals surface area (Å²) in [6.07, 6.45) is 1.30. The molecular formula is C13H15N3O6. The molecule has 22 heavy (non-hydrogen) atoms. The van der Waals surface area contributed by atoms with Crippen LogP contribution in [-0.2, 0) is 9.53 Å². The van der Waals surface area contributed by atoms with Gasteiger partial charge in [0.2, 0.25) is 5.75 Å². The smallest absolute Gasteiger partial charge is 0.340 e. The van der Waals surface area contributed by atoms with E-state index in [1.165, 1.54) is 32.4 Å². The van der Waals surface area contributed by atoms with Gasteiger partial charge in [-0.2, -0.15) is 0 Å². The minimum absolute atomic E-state index is 0.0244. The van der Waals surface area contributed by atoms with Gasteiger partial charge in [0, 0.05) is 4.91 Å². The Labute approximate surface area is 126 Å². The lowest BCUT2D eigenvalue weighted by molar-refractivity contribution is -0.140. The van der Waals surface area contributed by atoms with Crippen molar-refractivity contribution >= 4 is 12.0 Å². The molecule has 1 aromatic rings. The third kappa shape index (κ3) is 4.05. The van der Waals surface area contributed by atoms with E-state index < -0.39 is 5.97 Å². The second-order valence-electron chi connectivity index (χ2n) is 3.79. The molecule has 0 amide bonds. The average molecular weight is 309 g/mol. The number of carbonyl (C=O) groups excluding carboxylic acids is 1. The van der Waals surface area contributed by atoms with Crippen molar-refractivity contribution in [3.8, 4) is 17.2 Å². The summed E-state index contributed by atoms with van der Waals surface area (Å²) in [4.78, 5) is 18.5. The van der Waals surface area contributed by atoms with Crippen molar-refractivity contribution in [3.63, 3.8) is 0 Å². The highest BCUT2D eigenvalue weighted by Crippen LogP contribution is 2.38. The molecule has 1 N–H and O–H groups in total. The van der Waals surface area contributed by atoms with Gasteiger partial charge in [-0.15, -0.1) is 0 Å². The topological polar surface area (TPSA) is 123 Å². The van der Waals surface area contributed by atoms with E-state index in [1.54, 1.807) is 6.92 Å². The summed E-state index contributed by atoms with van der Waals surface area (Å²) in [7, 11) is 2.73. The van der Waals surface area contributed by atoms with Gasteiger partial charge in [0.25, 0.3) is 0 Å². The molecule has 0 aliphatic carbocycles. The first-order valence-electron chi connectivity index (χ1n) is 6.12. The van der Waals surface area contributed by atoms with Crippen LogP contribution in [0.15, 0.2) is 22.9 Å². The van der Waals surface area contributed by atoms with Gasteiger partial charge in [0.05, 0.1) is 20.8 Å². The summed E-state index contributed by atoms with van der Waals surface area (Å²) >= 11 is 0. The third-order valence-electron chi connectivity index (χ3n) is 2.51. The van der Waals surface area contributed by atoms with E-state index >= 15 is 0 Å². The molecule has 0 fully saturated rings. The van der Waals surface area contributed by atoms with Gasteiger partial charge < -0.3 is 19.1 Å². The number of nitrogens with zero attached hydrogens (tertiary/aromatic N) is 3. The predicted octanol–water partition coefficient (Wildman–Crippen LogP) is 2.77. The standard InChI is InChI=1S/C13H15N3O6/c1-4-21-13(17)9(15-16-14)5-8-6-10(19-2)12(22-18)11(7-8)20-3/h5-7,18H,4H2,1-3H3/b9-5-. The molecule has 9 nitrogen and oxygen atoms in total. The zero-order valence-electron chi connectivity index (χ0n) is 12.3. The van der Waals surface area contributed by atoms with Gasteiger partial charge in [-0.1, -0.05) is 5.11 Å². The fourth-order valence-electron chi connectivity index (χ4n) is 1.61. The number of carbonyl (C=O) groups is 1. The fraction of sp³-hybridized carbons (Fsp3) is 0.308. The Bertz CT molecular complexity index is 597. The van der Waals surface area contributed by atoms with E-state index in [9.17, 15) is 4.79 Å². The minimum atomic E-state index is -0.763. The highest BCUT2D eigenvalue weighted by atomic mass is 17.1. The number of rotatable bonds is 7. The number of esters is 1. The molecule has 0 aliphatic rings. The Morgan fingerprint density at radius 3 is 2.36 bits per heavy atom. The van der Waals surface area contributed by atoms with Gasteiger partial charge in [-0.05, 0) is 36.2 Å². The zero-order valence-corrected chi connectivity index (χ0v) is 12.3. The fourth-order valence-corrected chi connectivity index (χ4v) is 1.61. The SMILES string of the molecule is CCOC(=O)/C(=C/c1cc(OC)c(OO)c(OC)c1)N=[N+]=[N-]. The maximum absolute atomic E-state index is 11.7. The summed E-state index contributed by atoms with van der Waals surface area (Å²) in [5.41, 5.74) is 8.71. The van der Waals surface area contributed by atoms with Crippen molar-refractivity contribution in [3.05, 3.63) is 33.8 Å². The van der Waals surface area contributed by atoms with E-state index in [1.807, 2.05) is 0 Å². The van der Waals surface area contributed by atoms with Crippen molar-refractivity contribution < 1.29 is 29.1 Å². The van der Waals surface area contributed by atoms with Crippen LogP contribution in [0.4, 0.5) is 0 Å². The van der Waals surface area contributed by atoms with Crippen LogP contribution in [0.1, 0.15) is 12.5 Å². The normalized spacial score (nSPS) is 10.5. The highest BCUT2D eigenvalue weighted by molar-refractivity contribution is 5.93. The Kier molecular flexibility index (Phi) is 6.55. The second-order valence-corrected chi connectivity index (χ2v) is 3.79. The largest absolute Gasteiger partial charge is 0.493 e. The lowest BCUT2D eigenvalue weighted by Crippen LogP contribution is -2.05. The van der Waals surface area contributed by atoms with Gasteiger partial charge in [-0.25, -0.2) is 10.1 Å². The third-order valence-corrected chi connectivity index (χ3v) is 2.51. The molecule has 0 radical (unpaired) electrons. The molecule has 1 rings (SSSR count). The molecule has 0 aliphatic heterocycles. The Morgan fingerprint density at radius 2 is 1.95 bits per heavy atom. The molecule has 0 atom stereocenters. The summed E-state index contributed by atoms with van der Waals surface area (Å²) in [6.45, 7) is 1.77. The maximum atomic E-state index is 11.7. The van der Waals surface area contributed by atoms with Crippen molar-refractivity contribution in [2.75, 3.05) is 20.8 Å². The number of hydrogen-bond acceptors (Lipinski definition) is 7. The average Bonchev–Trinajstić information content (AvgIpc) is 2.53. The number of benzene rings is 1. The molecule has 0 bridgehead atoms. The molecular weight excluding hydrogens is 294 g/mol. The molecule has 0 spiro atoms. The van der Waals surface area contributed by atoms with Crippen molar-refractivity contribution in [1.29, 1.82) is 0 Å². The lowest BCUT2D eigenvalue weighted by Gasteiger charge is -2.11. The first-order valence-corrected chi connectivity index (χ1v) is 6.12. The number of ether oxygens (including phenoxy) is 3. The van der Waals surface area contributed by atoms with E-state index in [2.05, 4.69) is 14.9 Å². The Balaban J connectivity index is 3.37. The summed E-state index contributed by atoms with van der Waals surface area (Å²) in [6, 6.07) is 2.92. The van der Waals surface area contributed by atoms with Crippen LogP contribution in [0, 0.1) is 0 Å². The lowest BCUT2D eigenvalue weighted by atomic mass is 10.1. The number of azide groups is 1. The van der Waals surface area contributed by atoms with Crippen LogP contribution in [0.2, 0.25) is 0 Å². The van der Waals surface area contributed by atoms with Crippen LogP contribution in [-0.4, -0.2) is 32.1 Å². The van der Waals surface area contributed by atoms with Crippen LogP contribution < -0.4 is 14.4 Å². The number of methoxy groups -OCH3 is 2. The van der Waals surface area contributed by atoms with Gasteiger partial charge in [-0.3, -0.25) is 0 Å². The van der Waals surface area contributed by atoms with E-state index in [0.717, 1.165) is 0 Å². The molecule has 0 saturated heterocycles. The van der Waals surface area contributed by atoms with E-state index in [0.29, 0.717) is 5.56 Å². The van der Waals surface area contributed by atoms with E-state index in [-0.39, 0.29) is 29.6 Å². The van der Waals surface area contributed by atoms with Crippen LogP contribution >= 0.6 is 0 Å². The first-order chi connectivity index (χ1) is 10.6. The zero-order chi connectivity index (χ0) is 16.5. The molecule has 9 heteroatoms. The molecule has 0 saturated carbocycles. The van der Waals surface area contributed by atoms with Crippen molar-refractivity contribution in [2.45, 2.75) is 6.92 Å². The predicted molar refractivity (Wildman–Crippen MR) is 76.6 cm³/mol. The molecule has 0 unspecified atom stereocenters. The molecule has 1 aromatic carbocycles. The molecule has 0 heterocycles. The Hall–Kier alpha value is -2.90. The monoisotopic (exact) mass is 309 g/mol. The summed E-state index contributed by atoms with van der Waals surface area (Å²) in [5.74, 6) is -0.459. The van der Waals surface area contributed by atoms with Crippen molar-refractivity contribution in [2.24, 2.45) is 5.11 Å². The minimum Gasteiger partial charge on any atom is -0.493 e. The maximum Gasteiger partial charge on any atom is 0.340 e. The molecule has 118 valence electrons. The highest BCUT2D eigenvalue weighted by Gasteiger charge is 2.15. The van der Waals surface area contributed by atoms with Crippen LogP contribution in [0.5, 0.6) is 17.2 Å². The Morgan fingerprint density at radius 1 is 1.36 bits per heavy atom. The number of hydrogen-bond donors (Lipinski definition) is 1. The second kappa shape index (κ2) is 8.40. The first kappa shape index (κ1) is 17.2. The quantitative estimate of drug-likeness (QED) is 0.157. The summed E-state index contributed by atoms with van der Waals surface area (Å²) < 4.78 is 14.9. The van der Waals surface area contributed by atoms with Crippen LogP contribution in [0.25, 0.3) is 16.5 Å². The van der Waals surface area contributed by atoms with Crippen LogP contribution in [0.3, 0.4) is 0 Å². The molecule has 0 aromatic heterocycles.